The molecule has 8 nitrogen and oxygen atoms in total. The lowest BCUT2D eigenvalue weighted by Gasteiger charge is -2.20. The molecule has 0 radical (unpaired) electrons. The number of aromatic nitrogens is 2. The summed E-state index contributed by atoms with van der Waals surface area (Å²) in [7, 11) is 3.22. The van der Waals surface area contributed by atoms with Crippen LogP contribution < -0.4 is 20.1 Å². The number of nitrogens with one attached hydrogen (secondary N) is 2. The monoisotopic (exact) mass is 486 g/mol. The second-order valence-electron chi connectivity index (χ2n) is 9.74. The SMILES string of the molecule is CCCCNC(=O)C[C@@H](CC(C)C)NC(=O)c1cc(-c2c(OC)cccc2OC)n(CC(C)C)n1. The molecule has 194 valence electrons. The van der Waals surface area contributed by atoms with Crippen LogP contribution in [0.4, 0.5) is 0 Å². The molecule has 1 heterocycles. The lowest BCUT2D eigenvalue weighted by Crippen LogP contribution is -2.40. The Hall–Kier alpha value is -3.03. The molecule has 0 aliphatic heterocycles. The average Bonchev–Trinajstić information content (AvgIpc) is 3.20. The van der Waals surface area contributed by atoms with Gasteiger partial charge in [0, 0.05) is 25.6 Å². The smallest absolute Gasteiger partial charge is 0.272 e. The van der Waals surface area contributed by atoms with Gasteiger partial charge in [-0.3, -0.25) is 14.3 Å². The Bertz CT molecular complexity index is 946. The number of methoxy groups -OCH3 is 2. The lowest BCUT2D eigenvalue weighted by atomic mass is 10.0. The molecule has 0 unspecified atom stereocenters. The van der Waals surface area contributed by atoms with Crippen molar-refractivity contribution in [2.75, 3.05) is 20.8 Å². The van der Waals surface area contributed by atoms with Crippen molar-refractivity contribution in [2.45, 2.75) is 72.9 Å². The molecule has 2 rings (SSSR count). The second-order valence-corrected chi connectivity index (χ2v) is 9.74. The van der Waals surface area contributed by atoms with Crippen LogP contribution in [0.1, 0.15) is 70.8 Å². The highest BCUT2D eigenvalue weighted by atomic mass is 16.5. The molecule has 0 bridgehead atoms. The van der Waals surface area contributed by atoms with E-state index in [0.29, 0.717) is 48.5 Å². The average molecular weight is 487 g/mol. The van der Waals surface area contributed by atoms with E-state index in [0.717, 1.165) is 24.1 Å². The van der Waals surface area contributed by atoms with Crippen molar-refractivity contribution >= 4 is 11.8 Å². The Balaban J connectivity index is 2.35. The maximum Gasteiger partial charge on any atom is 0.272 e. The van der Waals surface area contributed by atoms with E-state index in [4.69, 9.17) is 9.47 Å². The molecule has 2 amide bonds. The minimum absolute atomic E-state index is 0.0471. The summed E-state index contributed by atoms with van der Waals surface area (Å²) < 4.78 is 13.0. The Labute approximate surface area is 209 Å². The summed E-state index contributed by atoms with van der Waals surface area (Å²) >= 11 is 0. The summed E-state index contributed by atoms with van der Waals surface area (Å²) in [5.74, 6) is 1.58. The minimum atomic E-state index is -0.297. The molecule has 0 aliphatic carbocycles. The van der Waals surface area contributed by atoms with Crippen LogP contribution in [-0.4, -0.2) is 48.4 Å². The number of hydrogen-bond acceptors (Lipinski definition) is 5. The molecular formula is C27H42N4O4. The zero-order chi connectivity index (χ0) is 26.0. The second kappa shape index (κ2) is 13.8. The molecule has 0 aliphatic rings. The van der Waals surface area contributed by atoms with E-state index in [2.05, 4.69) is 50.4 Å². The first-order chi connectivity index (χ1) is 16.7. The molecule has 1 atom stereocenters. The van der Waals surface area contributed by atoms with E-state index in [1.54, 1.807) is 20.3 Å². The number of hydrogen-bond donors (Lipinski definition) is 2. The van der Waals surface area contributed by atoms with Crippen molar-refractivity contribution in [3.63, 3.8) is 0 Å². The molecule has 8 heteroatoms. The Morgan fingerprint density at radius 2 is 1.71 bits per heavy atom. The summed E-state index contributed by atoms with van der Waals surface area (Å²) in [6.07, 6.45) is 2.90. The van der Waals surface area contributed by atoms with E-state index in [-0.39, 0.29) is 24.3 Å². The maximum atomic E-state index is 13.3. The number of benzene rings is 1. The molecule has 35 heavy (non-hydrogen) atoms. The van der Waals surface area contributed by atoms with Crippen molar-refractivity contribution in [1.29, 1.82) is 0 Å². The standard InChI is InChI=1S/C27H42N4O4/c1-8-9-13-28-25(32)15-20(14-18(2)3)29-27(33)21-16-22(31(30-21)17-19(4)5)26-23(34-6)11-10-12-24(26)35-7/h10-12,16,18-20H,8-9,13-15,17H2,1-7H3,(H,28,32)(H,29,33)/t20-/m1/s1. The number of amides is 2. The maximum absolute atomic E-state index is 13.3. The molecule has 1 aromatic heterocycles. The predicted molar refractivity (Wildman–Crippen MR) is 139 cm³/mol. The minimum Gasteiger partial charge on any atom is -0.496 e. The van der Waals surface area contributed by atoms with Gasteiger partial charge < -0.3 is 20.1 Å². The van der Waals surface area contributed by atoms with Crippen LogP contribution in [-0.2, 0) is 11.3 Å². The third kappa shape index (κ3) is 8.30. The Kier molecular flexibility index (Phi) is 11.1. The topological polar surface area (TPSA) is 94.5 Å². The quantitative estimate of drug-likeness (QED) is 0.378. The molecule has 0 saturated heterocycles. The van der Waals surface area contributed by atoms with Gasteiger partial charge in [0.25, 0.3) is 5.91 Å². The number of carbonyl (C=O) groups excluding carboxylic acids is 2. The molecular weight excluding hydrogens is 444 g/mol. The highest BCUT2D eigenvalue weighted by molar-refractivity contribution is 5.94. The molecule has 1 aromatic carbocycles. The van der Waals surface area contributed by atoms with Crippen molar-refractivity contribution in [3.8, 4) is 22.8 Å². The predicted octanol–water partition coefficient (Wildman–Crippen LogP) is 4.67. The van der Waals surface area contributed by atoms with E-state index < -0.39 is 0 Å². The van der Waals surface area contributed by atoms with Crippen LogP contribution in [0, 0.1) is 11.8 Å². The fourth-order valence-electron chi connectivity index (χ4n) is 4.04. The Morgan fingerprint density at radius 3 is 2.26 bits per heavy atom. The number of unbranched alkanes of at least 4 members (excludes halogenated alkanes) is 1. The first-order valence-corrected chi connectivity index (χ1v) is 12.6. The summed E-state index contributed by atoms with van der Waals surface area (Å²) in [4.78, 5) is 25.7. The number of nitrogens with zero attached hydrogens (tertiary/aromatic N) is 2. The van der Waals surface area contributed by atoms with Crippen LogP contribution in [0.3, 0.4) is 0 Å². The fourth-order valence-corrected chi connectivity index (χ4v) is 4.04. The van der Waals surface area contributed by atoms with Crippen LogP contribution in [0.15, 0.2) is 24.3 Å². The summed E-state index contributed by atoms with van der Waals surface area (Å²) in [5.41, 5.74) is 1.79. The van der Waals surface area contributed by atoms with Gasteiger partial charge in [0.1, 0.15) is 11.5 Å². The zero-order valence-corrected chi connectivity index (χ0v) is 22.3. The van der Waals surface area contributed by atoms with Crippen molar-refractivity contribution in [1.82, 2.24) is 20.4 Å². The lowest BCUT2D eigenvalue weighted by molar-refractivity contribution is -0.121. The van der Waals surface area contributed by atoms with Crippen molar-refractivity contribution in [2.24, 2.45) is 11.8 Å². The van der Waals surface area contributed by atoms with Crippen molar-refractivity contribution < 1.29 is 19.1 Å². The molecule has 0 saturated carbocycles. The van der Waals surface area contributed by atoms with Gasteiger partial charge >= 0.3 is 0 Å². The highest BCUT2D eigenvalue weighted by Gasteiger charge is 2.24. The van der Waals surface area contributed by atoms with E-state index in [1.165, 1.54) is 0 Å². The number of rotatable bonds is 14. The summed E-state index contributed by atoms with van der Waals surface area (Å²) in [6.45, 7) is 11.7. The third-order valence-electron chi connectivity index (χ3n) is 5.61. The largest absolute Gasteiger partial charge is 0.496 e. The van der Waals surface area contributed by atoms with Gasteiger partial charge in [-0.15, -0.1) is 0 Å². The highest BCUT2D eigenvalue weighted by Crippen LogP contribution is 2.38. The van der Waals surface area contributed by atoms with Gasteiger partial charge in [-0.25, -0.2) is 0 Å². The van der Waals surface area contributed by atoms with Gasteiger partial charge in [-0.1, -0.05) is 47.1 Å². The fraction of sp³-hybridized carbons (Fsp3) is 0.593. The zero-order valence-electron chi connectivity index (χ0n) is 22.3. The van der Waals surface area contributed by atoms with Crippen molar-refractivity contribution in [3.05, 3.63) is 30.0 Å². The first-order valence-electron chi connectivity index (χ1n) is 12.6. The molecule has 2 N–H and O–H groups in total. The van der Waals surface area contributed by atoms with Crippen LogP contribution >= 0.6 is 0 Å². The van der Waals surface area contributed by atoms with Crippen LogP contribution in [0.2, 0.25) is 0 Å². The molecule has 2 aromatic rings. The van der Waals surface area contributed by atoms with Crippen LogP contribution in [0.25, 0.3) is 11.3 Å². The third-order valence-corrected chi connectivity index (χ3v) is 5.61. The van der Waals surface area contributed by atoms with Crippen LogP contribution in [0.5, 0.6) is 11.5 Å². The van der Waals surface area contributed by atoms with Gasteiger partial charge in [0.05, 0.1) is 25.5 Å². The first kappa shape index (κ1) is 28.2. The normalized spacial score (nSPS) is 12.0. The van der Waals surface area contributed by atoms with E-state index in [1.807, 2.05) is 22.9 Å². The van der Waals surface area contributed by atoms with Gasteiger partial charge in [-0.05, 0) is 42.9 Å². The van der Waals surface area contributed by atoms with Gasteiger partial charge in [0.2, 0.25) is 5.91 Å². The molecule has 0 fully saturated rings. The summed E-state index contributed by atoms with van der Waals surface area (Å²) in [6, 6.07) is 7.08. The molecule has 0 spiro atoms. The number of ether oxygens (including phenoxy) is 2. The summed E-state index contributed by atoms with van der Waals surface area (Å²) in [5, 5.41) is 10.6. The number of carbonyl (C=O) groups is 2. The van der Waals surface area contributed by atoms with E-state index in [9.17, 15) is 9.59 Å². The van der Waals surface area contributed by atoms with E-state index >= 15 is 0 Å². The Morgan fingerprint density at radius 1 is 1.06 bits per heavy atom. The van der Waals surface area contributed by atoms with Gasteiger partial charge in [-0.2, -0.15) is 5.10 Å². The van der Waals surface area contributed by atoms with Gasteiger partial charge in [0.15, 0.2) is 5.69 Å².